The minimum Gasteiger partial charge on any atom is -0.379 e. The van der Waals surface area contributed by atoms with E-state index < -0.39 is 0 Å². The second-order valence-electron chi connectivity index (χ2n) is 3.80. The average Bonchev–Trinajstić information content (AvgIpc) is 2.51. The third-order valence-electron chi connectivity index (χ3n) is 2.29. The summed E-state index contributed by atoms with van der Waals surface area (Å²) < 4.78 is 9.35. The molecule has 0 aliphatic carbocycles. The molecular weight excluding hydrogens is 200 g/mol. The molecule has 6 heteroatoms. The number of nitrogen functional groups attached to an aromatic ring is 1. The fraction of sp³-hybridized carbons (Fsp3) is 0.750. The Morgan fingerprint density at radius 2 is 2.50 bits per heavy atom. The summed E-state index contributed by atoms with van der Waals surface area (Å²) in [5.74, 6) is 0.331. The third kappa shape index (κ3) is 2.13. The first-order chi connectivity index (χ1) is 6.68. The van der Waals surface area contributed by atoms with Gasteiger partial charge in [0.1, 0.15) is 0 Å². The molecule has 2 heterocycles. The highest BCUT2D eigenvalue weighted by atomic mass is 32.1. The molecule has 78 valence electrons. The van der Waals surface area contributed by atoms with Crippen LogP contribution in [0.1, 0.15) is 19.8 Å². The van der Waals surface area contributed by atoms with Crippen LogP contribution in [-0.2, 0) is 4.74 Å². The van der Waals surface area contributed by atoms with Crippen molar-refractivity contribution in [2.45, 2.75) is 25.3 Å². The standard InChI is InChI=1S/C8H14N4OS/c1-8(3-2-4-13-5-8)11-7-10-6(9)12-14-7/h2-5H2,1H3,(H3,9,10,11,12). The van der Waals surface area contributed by atoms with E-state index in [2.05, 4.69) is 21.6 Å². The van der Waals surface area contributed by atoms with Crippen LogP contribution in [0.15, 0.2) is 0 Å². The zero-order chi connectivity index (χ0) is 10.0. The van der Waals surface area contributed by atoms with Crippen LogP contribution >= 0.6 is 11.5 Å². The highest BCUT2D eigenvalue weighted by Gasteiger charge is 2.28. The minimum absolute atomic E-state index is 0.0236. The molecule has 1 fully saturated rings. The molecule has 0 bridgehead atoms. The van der Waals surface area contributed by atoms with Gasteiger partial charge >= 0.3 is 0 Å². The van der Waals surface area contributed by atoms with Gasteiger partial charge in [-0.25, -0.2) is 0 Å². The summed E-state index contributed by atoms with van der Waals surface area (Å²) in [6.45, 7) is 3.70. The molecule has 1 aliphatic heterocycles. The monoisotopic (exact) mass is 214 g/mol. The van der Waals surface area contributed by atoms with E-state index in [0.29, 0.717) is 12.6 Å². The summed E-state index contributed by atoms with van der Waals surface area (Å²) in [4.78, 5) is 4.07. The molecule has 1 atom stereocenters. The Kier molecular flexibility index (Phi) is 2.56. The largest absolute Gasteiger partial charge is 0.379 e. The van der Waals surface area contributed by atoms with Crippen LogP contribution < -0.4 is 11.1 Å². The number of hydrogen-bond donors (Lipinski definition) is 2. The maximum absolute atomic E-state index is 5.44. The Morgan fingerprint density at radius 1 is 1.64 bits per heavy atom. The molecule has 0 aromatic carbocycles. The van der Waals surface area contributed by atoms with E-state index in [1.54, 1.807) is 0 Å². The number of ether oxygens (including phenoxy) is 1. The van der Waals surface area contributed by atoms with Crippen LogP contribution in [-0.4, -0.2) is 28.1 Å². The maximum atomic E-state index is 5.44. The molecular formula is C8H14N4OS. The second kappa shape index (κ2) is 3.70. The maximum Gasteiger partial charge on any atom is 0.233 e. The molecule has 1 aromatic heterocycles. The Balaban J connectivity index is 2.01. The summed E-state index contributed by atoms with van der Waals surface area (Å²) in [6.07, 6.45) is 2.17. The molecule has 1 saturated heterocycles. The van der Waals surface area contributed by atoms with Crippen molar-refractivity contribution in [1.82, 2.24) is 9.36 Å². The van der Waals surface area contributed by atoms with E-state index in [-0.39, 0.29) is 5.54 Å². The van der Waals surface area contributed by atoms with Gasteiger partial charge in [0.25, 0.3) is 0 Å². The third-order valence-corrected chi connectivity index (χ3v) is 2.93. The predicted molar refractivity (Wildman–Crippen MR) is 56.4 cm³/mol. The predicted octanol–water partition coefficient (Wildman–Crippen LogP) is 1.10. The van der Waals surface area contributed by atoms with E-state index in [1.165, 1.54) is 11.5 Å². The van der Waals surface area contributed by atoms with Gasteiger partial charge < -0.3 is 15.8 Å². The Bertz CT molecular complexity index is 308. The summed E-state index contributed by atoms with van der Waals surface area (Å²) in [5.41, 5.74) is 5.42. The number of nitrogens with one attached hydrogen (secondary N) is 1. The van der Waals surface area contributed by atoms with Gasteiger partial charge in [0.15, 0.2) is 0 Å². The molecule has 3 N–H and O–H groups in total. The fourth-order valence-electron chi connectivity index (χ4n) is 1.58. The van der Waals surface area contributed by atoms with Crippen molar-refractivity contribution in [1.29, 1.82) is 0 Å². The van der Waals surface area contributed by atoms with Gasteiger partial charge in [-0.3, -0.25) is 0 Å². The summed E-state index contributed by atoms with van der Waals surface area (Å²) in [5, 5.41) is 4.09. The molecule has 2 rings (SSSR count). The fourth-order valence-corrected chi connectivity index (χ4v) is 2.22. The molecule has 5 nitrogen and oxygen atoms in total. The Labute approximate surface area is 86.8 Å². The topological polar surface area (TPSA) is 73.1 Å². The normalized spacial score (nSPS) is 27.5. The number of rotatable bonds is 2. The van der Waals surface area contributed by atoms with E-state index in [4.69, 9.17) is 10.5 Å². The van der Waals surface area contributed by atoms with E-state index >= 15 is 0 Å². The van der Waals surface area contributed by atoms with E-state index in [1.807, 2.05) is 0 Å². The van der Waals surface area contributed by atoms with Crippen LogP contribution in [0.5, 0.6) is 0 Å². The van der Waals surface area contributed by atoms with Crippen LogP contribution in [0.2, 0.25) is 0 Å². The Morgan fingerprint density at radius 3 is 3.07 bits per heavy atom. The number of nitrogens with zero attached hydrogens (tertiary/aromatic N) is 2. The van der Waals surface area contributed by atoms with Gasteiger partial charge in [0, 0.05) is 18.1 Å². The first-order valence-corrected chi connectivity index (χ1v) is 5.40. The van der Waals surface area contributed by atoms with Crippen LogP contribution in [0.25, 0.3) is 0 Å². The van der Waals surface area contributed by atoms with E-state index in [0.717, 1.165) is 24.6 Å². The minimum atomic E-state index is -0.0236. The lowest BCUT2D eigenvalue weighted by Crippen LogP contribution is -2.42. The van der Waals surface area contributed by atoms with Gasteiger partial charge in [0.2, 0.25) is 11.1 Å². The lowest BCUT2D eigenvalue weighted by molar-refractivity contribution is 0.0540. The molecule has 0 amide bonds. The molecule has 1 unspecified atom stereocenters. The molecule has 1 aromatic rings. The number of anilines is 2. The summed E-state index contributed by atoms with van der Waals surface area (Å²) in [7, 11) is 0. The highest BCUT2D eigenvalue weighted by Crippen LogP contribution is 2.25. The molecule has 1 aliphatic rings. The van der Waals surface area contributed by atoms with Crippen LogP contribution in [0.3, 0.4) is 0 Å². The number of aromatic nitrogens is 2. The smallest absolute Gasteiger partial charge is 0.233 e. The lowest BCUT2D eigenvalue weighted by Gasteiger charge is -2.33. The Hall–Kier alpha value is -0.880. The van der Waals surface area contributed by atoms with Gasteiger partial charge in [0.05, 0.1) is 12.1 Å². The highest BCUT2D eigenvalue weighted by molar-refractivity contribution is 7.09. The second-order valence-corrected chi connectivity index (χ2v) is 4.55. The van der Waals surface area contributed by atoms with Crippen LogP contribution in [0, 0.1) is 0 Å². The summed E-state index contributed by atoms with van der Waals surface area (Å²) >= 11 is 1.29. The zero-order valence-corrected chi connectivity index (χ0v) is 8.93. The first-order valence-electron chi connectivity index (χ1n) is 4.63. The van der Waals surface area contributed by atoms with Gasteiger partial charge in [-0.15, -0.1) is 0 Å². The van der Waals surface area contributed by atoms with Crippen molar-refractivity contribution in [3.05, 3.63) is 0 Å². The first kappa shape index (κ1) is 9.67. The lowest BCUT2D eigenvalue weighted by atomic mass is 9.95. The van der Waals surface area contributed by atoms with Crippen molar-refractivity contribution in [2.75, 3.05) is 24.3 Å². The van der Waals surface area contributed by atoms with Gasteiger partial charge in [-0.05, 0) is 19.8 Å². The summed E-state index contributed by atoms with van der Waals surface area (Å²) in [6, 6.07) is 0. The SMILES string of the molecule is CC1(Nc2nc(N)ns2)CCCOC1. The van der Waals surface area contributed by atoms with Crippen molar-refractivity contribution < 1.29 is 4.74 Å². The average molecular weight is 214 g/mol. The van der Waals surface area contributed by atoms with Crippen molar-refractivity contribution in [3.8, 4) is 0 Å². The zero-order valence-electron chi connectivity index (χ0n) is 8.12. The van der Waals surface area contributed by atoms with Crippen molar-refractivity contribution >= 4 is 22.6 Å². The van der Waals surface area contributed by atoms with Crippen LogP contribution in [0.4, 0.5) is 11.1 Å². The molecule has 14 heavy (non-hydrogen) atoms. The van der Waals surface area contributed by atoms with E-state index in [9.17, 15) is 0 Å². The van der Waals surface area contributed by atoms with Gasteiger partial charge in [-0.2, -0.15) is 9.36 Å². The number of hydrogen-bond acceptors (Lipinski definition) is 6. The molecule has 0 saturated carbocycles. The quantitative estimate of drug-likeness (QED) is 0.771. The van der Waals surface area contributed by atoms with Crippen molar-refractivity contribution in [2.24, 2.45) is 0 Å². The van der Waals surface area contributed by atoms with Gasteiger partial charge in [-0.1, -0.05) is 0 Å². The number of nitrogens with two attached hydrogens (primary N) is 1. The molecule has 0 spiro atoms. The van der Waals surface area contributed by atoms with Crippen molar-refractivity contribution in [3.63, 3.8) is 0 Å². The molecule has 0 radical (unpaired) electrons.